The number of aromatic nitrogens is 1. The summed E-state index contributed by atoms with van der Waals surface area (Å²) < 4.78 is 5.93. The van der Waals surface area contributed by atoms with Gasteiger partial charge in [0.2, 0.25) is 0 Å². The van der Waals surface area contributed by atoms with Crippen LogP contribution in [0.4, 0.5) is 5.69 Å². The molecule has 3 heteroatoms. The highest BCUT2D eigenvalue weighted by Gasteiger charge is 2.03. The van der Waals surface area contributed by atoms with Crippen molar-refractivity contribution < 1.29 is 4.74 Å². The van der Waals surface area contributed by atoms with Gasteiger partial charge in [-0.05, 0) is 11.5 Å². The summed E-state index contributed by atoms with van der Waals surface area (Å²) in [5, 5.41) is 5.31. The average Bonchev–Trinajstić information content (AvgIpc) is 2.48. The number of fused-ring (bicyclic) bond motifs is 1. The van der Waals surface area contributed by atoms with Gasteiger partial charge in [0.05, 0.1) is 18.1 Å². The zero-order valence-corrected chi connectivity index (χ0v) is 10.6. The molecule has 3 rings (SSSR count). The topological polar surface area (TPSA) is 34.2 Å². The maximum atomic E-state index is 5.93. The molecule has 0 atom stereocenters. The van der Waals surface area contributed by atoms with Gasteiger partial charge in [0, 0.05) is 18.5 Å². The number of pyridine rings is 1. The predicted octanol–water partition coefficient (Wildman–Crippen LogP) is 4.07. The third-order valence-electron chi connectivity index (χ3n) is 2.98. The van der Waals surface area contributed by atoms with Crippen LogP contribution in [-0.2, 0) is 0 Å². The molecule has 0 aliphatic rings. The summed E-state index contributed by atoms with van der Waals surface area (Å²) in [5.74, 6) is 1.57. The third kappa shape index (κ3) is 2.36. The second kappa shape index (κ2) is 4.98. The van der Waals surface area contributed by atoms with Crippen molar-refractivity contribution in [2.24, 2.45) is 0 Å². The van der Waals surface area contributed by atoms with E-state index in [9.17, 15) is 0 Å². The third-order valence-corrected chi connectivity index (χ3v) is 2.98. The average molecular weight is 250 g/mol. The van der Waals surface area contributed by atoms with Crippen LogP contribution in [0.5, 0.6) is 11.5 Å². The molecule has 0 aliphatic carbocycles. The second-order valence-electron chi connectivity index (χ2n) is 4.24. The molecule has 0 saturated carbocycles. The Hall–Kier alpha value is -2.55. The number of ether oxygens (including phenoxy) is 1. The first-order chi connectivity index (χ1) is 9.36. The van der Waals surface area contributed by atoms with Gasteiger partial charge >= 0.3 is 0 Å². The molecule has 0 saturated heterocycles. The van der Waals surface area contributed by atoms with E-state index >= 15 is 0 Å². The Kier molecular flexibility index (Phi) is 3.02. The highest BCUT2D eigenvalue weighted by molar-refractivity contribution is 5.88. The highest BCUT2D eigenvalue weighted by atomic mass is 16.5. The largest absolute Gasteiger partial charge is 0.455 e. The highest BCUT2D eigenvalue weighted by Crippen LogP contribution is 2.30. The maximum absolute atomic E-state index is 5.93. The lowest BCUT2D eigenvalue weighted by atomic mass is 10.1. The summed E-state index contributed by atoms with van der Waals surface area (Å²) >= 11 is 0. The van der Waals surface area contributed by atoms with Crippen LogP contribution in [0.25, 0.3) is 10.8 Å². The fourth-order valence-corrected chi connectivity index (χ4v) is 2.02. The van der Waals surface area contributed by atoms with E-state index in [2.05, 4.69) is 28.5 Å². The number of hydrogen-bond donors (Lipinski definition) is 1. The fourth-order valence-electron chi connectivity index (χ4n) is 2.02. The molecule has 19 heavy (non-hydrogen) atoms. The minimum atomic E-state index is 0.725. The van der Waals surface area contributed by atoms with Crippen molar-refractivity contribution in [3.05, 3.63) is 60.9 Å². The maximum Gasteiger partial charge on any atom is 0.147 e. The monoisotopic (exact) mass is 250 g/mol. The van der Waals surface area contributed by atoms with Gasteiger partial charge in [-0.15, -0.1) is 0 Å². The van der Waals surface area contributed by atoms with E-state index in [4.69, 9.17) is 4.74 Å². The first-order valence-corrected chi connectivity index (χ1v) is 6.15. The van der Waals surface area contributed by atoms with Gasteiger partial charge in [-0.2, -0.15) is 0 Å². The standard InChI is InChI=1S/C16H14N2O/c1-17-13-9-14(11-18-10-13)19-16-8-4-6-12-5-2-3-7-15(12)16/h2-11,17H,1H3. The van der Waals surface area contributed by atoms with Gasteiger partial charge in [0.1, 0.15) is 11.5 Å². The molecule has 0 spiro atoms. The number of benzene rings is 2. The van der Waals surface area contributed by atoms with Gasteiger partial charge in [-0.1, -0.05) is 36.4 Å². The van der Waals surface area contributed by atoms with Crippen LogP contribution in [0, 0.1) is 0 Å². The molecular formula is C16H14N2O. The van der Waals surface area contributed by atoms with E-state index in [1.54, 1.807) is 12.4 Å². The zero-order valence-electron chi connectivity index (χ0n) is 10.6. The van der Waals surface area contributed by atoms with E-state index < -0.39 is 0 Å². The fraction of sp³-hybridized carbons (Fsp3) is 0.0625. The number of anilines is 1. The van der Waals surface area contributed by atoms with Crippen molar-refractivity contribution in [3.8, 4) is 11.5 Å². The van der Waals surface area contributed by atoms with Crippen LogP contribution in [0.1, 0.15) is 0 Å². The van der Waals surface area contributed by atoms with Crippen molar-refractivity contribution in [2.45, 2.75) is 0 Å². The van der Waals surface area contributed by atoms with Crippen molar-refractivity contribution in [1.29, 1.82) is 0 Å². The molecule has 0 aliphatic heterocycles. The Bertz CT molecular complexity index is 704. The molecular weight excluding hydrogens is 236 g/mol. The van der Waals surface area contributed by atoms with Crippen molar-refractivity contribution in [1.82, 2.24) is 4.98 Å². The normalized spacial score (nSPS) is 10.4. The summed E-state index contributed by atoms with van der Waals surface area (Å²) in [7, 11) is 1.86. The van der Waals surface area contributed by atoms with E-state index in [0.29, 0.717) is 0 Å². The Morgan fingerprint density at radius 1 is 1.00 bits per heavy atom. The van der Waals surface area contributed by atoms with Crippen LogP contribution in [0.15, 0.2) is 60.9 Å². The number of rotatable bonds is 3. The molecule has 3 aromatic rings. The summed E-state index contributed by atoms with van der Waals surface area (Å²) in [5.41, 5.74) is 0.928. The van der Waals surface area contributed by atoms with Gasteiger partial charge in [0.15, 0.2) is 0 Å². The summed E-state index contributed by atoms with van der Waals surface area (Å²) in [4.78, 5) is 4.14. The lowest BCUT2D eigenvalue weighted by molar-refractivity contribution is 0.486. The smallest absolute Gasteiger partial charge is 0.147 e. The molecule has 0 unspecified atom stereocenters. The SMILES string of the molecule is CNc1cncc(Oc2cccc3ccccc23)c1. The minimum absolute atomic E-state index is 0.725. The molecule has 0 fully saturated rings. The van der Waals surface area contributed by atoms with Crippen LogP contribution in [0.3, 0.4) is 0 Å². The molecule has 0 amide bonds. The Balaban J connectivity index is 2.01. The van der Waals surface area contributed by atoms with Crippen LogP contribution >= 0.6 is 0 Å². The van der Waals surface area contributed by atoms with E-state index in [1.807, 2.05) is 37.4 Å². The summed E-state index contributed by atoms with van der Waals surface area (Å²) in [6.45, 7) is 0. The van der Waals surface area contributed by atoms with Crippen LogP contribution in [-0.4, -0.2) is 12.0 Å². The summed E-state index contributed by atoms with van der Waals surface area (Å²) in [6, 6.07) is 16.1. The zero-order chi connectivity index (χ0) is 13.1. The van der Waals surface area contributed by atoms with Gasteiger partial charge in [-0.3, -0.25) is 4.98 Å². The summed E-state index contributed by atoms with van der Waals surface area (Å²) in [6.07, 6.45) is 3.47. The molecule has 3 nitrogen and oxygen atoms in total. The van der Waals surface area contributed by atoms with E-state index in [1.165, 1.54) is 0 Å². The molecule has 1 N–H and O–H groups in total. The van der Waals surface area contributed by atoms with Crippen molar-refractivity contribution in [2.75, 3.05) is 12.4 Å². The van der Waals surface area contributed by atoms with Gasteiger partial charge < -0.3 is 10.1 Å². The molecule has 1 heterocycles. The lowest BCUT2D eigenvalue weighted by Crippen LogP contribution is -1.91. The lowest BCUT2D eigenvalue weighted by Gasteiger charge is -2.09. The van der Waals surface area contributed by atoms with Gasteiger partial charge in [0.25, 0.3) is 0 Å². The number of nitrogens with one attached hydrogen (secondary N) is 1. The molecule has 94 valence electrons. The molecule has 2 aromatic carbocycles. The van der Waals surface area contributed by atoms with Crippen LogP contribution in [0.2, 0.25) is 0 Å². The van der Waals surface area contributed by atoms with Crippen molar-refractivity contribution in [3.63, 3.8) is 0 Å². The molecule has 0 bridgehead atoms. The minimum Gasteiger partial charge on any atom is -0.455 e. The van der Waals surface area contributed by atoms with E-state index in [-0.39, 0.29) is 0 Å². The first kappa shape index (κ1) is 11.5. The Morgan fingerprint density at radius 2 is 1.84 bits per heavy atom. The van der Waals surface area contributed by atoms with E-state index in [0.717, 1.165) is 28.0 Å². The molecule has 1 aromatic heterocycles. The Morgan fingerprint density at radius 3 is 2.74 bits per heavy atom. The van der Waals surface area contributed by atoms with Crippen LogP contribution < -0.4 is 10.1 Å². The first-order valence-electron chi connectivity index (χ1n) is 6.15. The van der Waals surface area contributed by atoms with Crippen molar-refractivity contribution >= 4 is 16.5 Å². The number of hydrogen-bond acceptors (Lipinski definition) is 3. The predicted molar refractivity (Wildman–Crippen MR) is 77.8 cm³/mol. The quantitative estimate of drug-likeness (QED) is 0.760. The number of nitrogens with zero attached hydrogens (tertiary/aromatic N) is 1. The second-order valence-corrected chi connectivity index (χ2v) is 4.24. The Labute approximate surface area is 111 Å². The van der Waals surface area contributed by atoms with Gasteiger partial charge in [-0.25, -0.2) is 0 Å². The molecule has 0 radical (unpaired) electrons.